The molecular weight excluding hydrogens is 260 g/mol. The lowest BCUT2D eigenvalue weighted by Gasteiger charge is -2.19. The maximum Gasteiger partial charge on any atom is 0.160 e. The largest absolute Gasteiger partial charge is 0.310 e. The Kier molecular flexibility index (Phi) is 4.77. The zero-order chi connectivity index (χ0) is 13.8. The van der Waals surface area contributed by atoms with Crippen LogP contribution in [0.15, 0.2) is 18.3 Å². The molecule has 0 aliphatic carbocycles. The molecule has 1 atom stereocenters. The molecule has 2 rings (SSSR count). The molecule has 0 radical (unpaired) electrons. The molecule has 0 saturated carbocycles. The van der Waals surface area contributed by atoms with Crippen LogP contribution in [0, 0.1) is 0 Å². The smallest absolute Gasteiger partial charge is 0.160 e. The fraction of sp³-hybridized carbons (Fsp3) is 0.571. The number of pyridine rings is 1. The van der Waals surface area contributed by atoms with Crippen molar-refractivity contribution in [2.45, 2.75) is 32.7 Å². The molecule has 0 bridgehead atoms. The van der Waals surface area contributed by atoms with Gasteiger partial charge in [0.15, 0.2) is 5.65 Å². The lowest BCUT2D eigenvalue weighted by molar-refractivity contribution is 0.290. The average molecular weight is 281 g/mol. The SMILES string of the molecule is CCN(CC)CCn1c(C(C)Cl)nc2cccnc21. The van der Waals surface area contributed by atoms with Gasteiger partial charge in [0.2, 0.25) is 0 Å². The second kappa shape index (κ2) is 6.35. The summed E-state index contributed by atoms with van der Waals surface area (Å²) in [5.41, 5.74) is 1.85. The minimum Gasteiger partial charge on any atom is -0.310 e. The maximum atomic E-state index is 6.24. The molecule has 0 N–H and O–H groups in total. The first kappa shape index (κ1) is 14.3. The van der Waals surface area contributed by atoms with Crippen LogP contribution in [0.3, 0.4) is 0 Å². The molecule has 0 aliphatic heterocycles. The summed E-state index contributed by atoms with van der Waals surface area (Å²) in [6.07, 6.45) is 1.81. The second-order valence-corrected chi connectivity index (χ2v) is 5.27. The van der Waals surface area contributed by atoms with Crippen LogP contribution in [-0.4, -0.2) is 39.1 Å². The van der Waals surface area contributed by atoms with Gasteiger partial charge < -0.3 is 9.47 Å². The first-order chi connectivity index (χ1) is 9.17. The van der Waals surface area contributed by atoms with Gasteiger partial charge in [0, 0.05) is 19.3 Å². The zero-order valence-corrected chi connectivity index (χ0v) is 12.6. The van der Waals surface area contributed by atoms with E-state index in [1.54, 1.807) is 6.20 Å². The number of halogens is 1. The fourth-order valence-corrected chi connectivity index (χ4v) is 2.45. The van der Waals surface area contributed by atoms with E-state index in [9.17, 15) is 0 Å². The van der Waals surface area contributed by atoms with E-state index in [0.717, 1.165) is 43.2 Å². The Morgan fingerprint density at radius 2 is 2.11 bits per heavy atom. The van der Waals surface area contributed by atoms with Crippen molar-refractivity contribution in [2.24, 2.45) is 0 Å². The van der Waals surface area contributed by atoms with E-state index in [1.165, 1.54) is 0 Å². The first-order valence-corrected chi connectivity index (χ1v) is 7.28. The van der Waals surface area contributed by atoms with E-state index in [0.29, 0.717) is 0 Å². The Balaban J connectivity index is 2.31. The van der Waals surface area contributed by atoms with Gasteiger partial charge in [0.1, 0.15) is 11.3 Å². The Labute approximate surface area is 119 Å². The van der Waals surface area contributed by atoms with E-state index in [2.05, 4.69) is 33.3 Å². The number of alkyl halides is 1. The van der Waals surface area contributed by atoms with E-state index in [1.807, 2.05) is 19.1 Å². The molecule has 5 heteroatoms. The standard InChI is InChI=1S/C14H21ClN4/c1-4-18(5-2)9-10-19-13(11(3)15)17-12-7-6-8-16-14(12)19/h6-8,11H,4-5,9-10H2,1-3H3. The van der Waals surface area contributed by atoms with Gasteiger partial charge in [-0.25, -0.2) is 9.97 Å². The zero-order valence-electron chi connectivity index (χ0n) is 11.8. The van der Waals surface area contributed by atoms with Gasteiger partial charge in [0.05, 0.1) is 5.38 Å². The van der Waals surface area contributed by atoms with Crippen molar-refractivity contribution < 1.29 is 0 Å². The Morgan fingerprint density at radius 3 is 2.74 bits per heavy atom. The number of nitrogens with zero attached hydrogens (tertiary/aromatic N) is 4. The Morgan fingerprint density at radius 1 is 1.37 bits per heavy atom. The van der Waals surface area contributed by atoms with Gasteiger partial charge in [-0.1, -0.05) is 13.8 Å². The third kappa shape index (κ3) is 3.07. The number of likely N-dealkylation sites (N-methyl/N-ethyl adjacent to an activating group) is 1. The molecular formula is C14H21ClN4. The molecule has 104 valence electrons. The molecule has 2 aromatic heterocycles. The summed E-state index contributed by atoms with van der Waals surface area (Å²) in [5, 5.41) is -0.106. The van der Waals surface area contributed by atoms with E-state index < -0.39 is 0 Å². The minimum atomic E-state index is -0.106. The average Bonchev–Trinajstić information content (AvgIpc) is 2.79. The summed E-state index contributed by atoms with van der Waals surface area (Å²) in [6, 6.07) is 3.89. The summed E-state index contributed by atoms with van der Waals surface area (Å²) in [5.74, 6) is 0.905. The molecule has 0 saturated heterocycles. The first-order valence-electron chi connectivity index (χ1n) is 6.84. The van der Waals surface area contributed by atoms with Crippen LogP contribution in [0.1, 0.15) is 32.0 Å². The van der Waals surface area contributed by atoms with Crippen molar-refractivity contribution in [3.8, 4) is 0 Å². The lowest BCUT2D eigenvalue weighted by Crippen LogP contribution is -2.27. The van der Waals surface area contributed by atoms with Crippen LogP contribution in [0.4, 0.5) is 0 Å². The number of fused-ring (bicyclic) bond motifs is 1. The predicted molar refractivity (Wildman–Crippen MR) is 79.6 cm³/mol. The molecule has 4 nitrogen and oxygen atoms in total. The summed E-state index contributed by atoms with van der Waals surface area (Å²) >= 11 is 6.24. The summed E-state index contributed by atoms with van der Waals surface area (Å²) in [6.45, 7) is 10.3. The van der Waals surface area contributed by atoms with Gasteiger partial charge in [-0.3, -0.25) is 0 Å². The van der Waals surface area contributed by atoms with Gasteiger partial charge in [-0.2, -0.15) is 0 Å². The topological polar surface area (TPSA) is 34.0 Å². The monoisotopic (exact) mass is 280 g/mol. The molecule has 1 unspecified atom stereocenters. The highest BCUT2D eigenvalue weighted by atomic mass is 35.5. The predicted octanol–water partition coefficient (Wildman–Crippen LogP) is 3.07. The van der Waals surface area contributed by atoms with Crippen molar-refractivity contribution in [3.05, 3.63) is 24.2 Å². The minimum absolute atomic E-state index is 0.106. The molecule has 19 heavy (non-hydrogen) atoms. The van der Waals surface area contributed by atoms with Crippen molar-refractivity contribution in [3.63, 3.8) is 0 Å². The Hall–Kier alpha value is -1.13. The van der Waals surface area contributed by atoms with Gasteiger partial charge in [-0.15, -0.1) is 11.6 Å². The normalized spacial score (nSPS) is 13.3. The molecule has 0 spiro atoms. The molecule has 2 heterocycles. The van der Waals surface area contributed by atoms with Gasteiger partial charge in [0.25, 0.3) is 0 Å². The molecule has 0 fully saturated rings. The molecule has 0 aromatic carbocycles. The van der Waals surface area contributed by atoms with Crippen molar-refractivity contribution in [1.82, 2.24) is 19.4 Å². The van der Waals surface area contributed by atoms with Crippen LogP contribution in [0.2, 0.25) is 0 Å². The van der Waals surface area contributed by atoms with Crippen molar-refractivity contribution in [1.29, 1.82) is 0 Å². The summed E-state index contributed by atoms with van der Waals surface area (Å²) < 4.78 is 2.14. The molecule has 0 amide bonds. The second-order valence-electron chi connectivity index (χ2n) is 4.61. The van der Waals surface area contributed by atoms with Crippen LogP contribution in [-0.2, 0) is 6.54 Å². The third-order valence-electron chi connectivity index (χ3n) is 3.42. The lowest BCUT2D eigenvalue weighted by atomic mass is 10.4. The number of hydrogen-bond acceptors (Lipinski definition) is 3. The summed E-state index contributed by atoms with van der Waals surface area (Å²) in [4.78, 5) is 11.4. The van der Waals surface area contributed by atoms with Crippen LogP contribution in [0.5, 0.6) is 0 Å². The number of aromatic nitrogens is 3. The van der Waals surface area contributed by atoms with Crippen molar-refractivity contribution >= 4 is 22.8 Å². The van der Waals surface area contributed by atoms with E-state index in [-0.39, 0.29) is 5.38 Å². The highest BCUT2D eigenvalue weighted by Crippen LogP contribution is 2.23. The molecule has 2 aromatic rings. The van der Waals surface area contributed by atoms with Crippen LogP contribution < -0.4 is 0 Å². The van der Waals surface area contributed by atoms with Crippen molar-refractivity contribution in [2.75, 3.05) is 19.6 Å². The van der Waals surface area contributed by atoms with E-state index >= 15 is 0 Å². The quantitative estimate of drug-likeness (QED) is 0.763. The fourth-order valence-electron chi connectivity index (χ4n) is 2.28. The number of hydrogen-bond donors (Lipinski definition) is 0. The summed E-state index contributed by atoms with van der Waals surface area (Å²) in [7, 11) is 0. The number of rotatable bonds is 6. The highest BCUT2D eigenvalue weighted by Gasteiger charge is 2.15. The third-order valence-corrected chi connectivity index (χ3v) is 3.62. The van der Waals surface area contributed by atoms with E-state index in [4.69, 9.17) is 11.6 Å². The maximum absolute atomic E-state index is 6.24. The van der Waals surface area contributed by atoms with Crippen LogP contribution in [0.25, 0.3) is 11.2 Å². The van der Waals surface area contributed by atoms with Crippen LogP contribution >= 0.6 is 11.6 Å². The Bertz CT molecular complexity index is 531. The van der Waals surface area contributed by atoms with Gasteiger partial charge in [-0.05, 0) is 32.1 Å². The number of imidazole rings is 1. The molecule has 0 aliphatic rings. The highest BCUT2D eigenvalue weighted by molar-refractivity contribution is 6.20. The van der Waals surface area contributed by atoms with Gasteiger partial charge >= 0.3 is 0 Å².